The molecular weight excluding hydrogens is 354 g/mol. The van der Waals surface area contributed by atoms with Gasteiger partial charge in [-0.25, -0.2) is 0 Å². The molecule has 142 valence electrons. The first-order valence-corrected chi connectivity index (χ1v) is 8.78. The van der Waals surface area contributed by atoms with Crippen LogP contribution in [0, 0.1) is 19.8 Å². The number of likely N-dealkylation sites (tertiary alicyclic amines) is 1. The Bertz CT molecular complexity index is 803. The zero-order valence-corrected chi connectivity index (χ0v) is 16.0. The minimum Gasteiger partial charge on any atom is -0.450 e. The molecule has 0 aliphatic carbocycles. The average Bonchev–Trinajstić information content (AvgIpc) is 2.97. The van der Waals surface area contributed by atoms with Gasteiger partial charge in [0.25, 0.3) is 5.91 Å². The number of piperidine rings is 1. The van der Waals surface area contributed by atoms with Crippen LogP contribution in [0.25, 0.3) is 11.0 Å². The van der Waals surface area contributed by atoms with E-state index in [1.54, 1.807) is 4.90 Å². The molecule has 3 rings (SSSR count). The molecule has 2 amide bonds. The van der Waals surface area contributed by atoms with Gasteiger partial charge in [-0.15, -0.1) is 12.4 Å². The van der Waals surface area contributed by atoms with Crippen LogP contribution in [0.2, 0.25) is 0 Å². The fourth-order valence-electron chi connectivity index (χ4n) is 3.45. The Balaban J connectivity index is 0.00000243. The molecule has 0 saturated carbocycles. The first kappa shape index (κ1) is 20.3. The normalized spacial score (nSPS) is 17.0. The summed E-state index contributed by atoms with van der Waals surface area (Å²) < 4.78 is 5.90. The smallest absolute Gasteiger partial charge is 0.289 e. The van der Waals surface area contributed by atoms with Crippen LogP contribution in [0.3, 0.4) is 0 Å². The van der Waals surface area contributed by atoms with Crippen molar-refractivity contribution in [2.75, 3.05) is 26.2 Å². The van der Waals surface area contributed by atoms with Crippen molar-refractivity contribution in [3.05, 3.63) is 35.1 Å². The lowest BCUT2D eigenvalue weighted by molar-refractivity contribution is -0.126. The molecule has 1 aliphatic rings. The number of hydrogen-bond acceptors (Lipinski definition) is 4. The van der Waals surface area contributed by atoms with Crippen molar-refractivity contribution in [2.24, 2.45) is 11.7 Å². The SMILES string of the molecule is Cc1c(C(=O)N2CCCC(C(=O)NCCN)C2)oc2c(C)cccc12.Cl. The molecule has 0 radical (unpaired) electrons. The van der Waals surface area contributed by atoms with Gasteiger partial charge in [0, 0.05) is 37.1 Å². The molecule has 2 heterocycles. The van der Waals surface area contributed by atoms with E-state index in [1.807, 2.05) is 32.0 Å². The maximum absolute atomic E-state index is 13.0. The van der Waals surface area contributed by atoms with E-state index in [4.69, 9.17) is 10.2 Å². The lowest BCUT2D eigenvalue weighted by Crippen LogP contribution is -2.46. The van der Waals surface area contributed by atoms with Crippen LogP contribution in [-0.4, -0.2) is 42.9 Å². The van der Waals surface area contributed by atoms with Crippen LogP contribution < -0.4 is 11.1 Å². The minimum atomic E-state index is -0.185. The standard InChI is InChI=1S/C19H25N3O3.ClH/c1-12-5-3-7-15-13(2)17(25-16(12)15)19(24)22-10-4-6-14(11-22)18(23)21-9-8-20;/h3,5,7,14H,4,6,8-11,20H2,1-2H3,(H,21,23);1H. The second-order valence-corrected chi connectivity index (χ2v) is 6.68. The van der Waals surface area contributed by atoms with Crippen molar-refractivity contribution in [2.45, 2.75) is 26.7 Å². The Morgan fingerprint density at radius 1 is 1.35 bits per heavy atom. The fraction of sp³-hybridized carbons (Fsp3) is 0.474. The number of nitrogens with one attached hydrogen (secondary N) is 1. The maximum atomic E-state index is 13.0. The van der Waals surface area contributed by atoms with Crippen LogP contribution in [0.1, 0.15) is 34.5 Å². The van der Waals surface area contributed by atoms with Gasteiger partial charge in [-0.05, 0) is 32.3 Å². The quantitative estimate of drug-likeness (QED) is 0.853. The van der Waals surface area contributed by atoms with Crippen molar-refractivity contribution in [1.82, 2.24) is 10.2 Å². The molecule has 3 N–H and O–H groups in total. The summed E-state index contributed by atoms with van der Waals surface area (Å²) in [5.41, 5.74) is 8.06. The average molecular weight is 380 g/mol. The van der Waals surface area contributed by atoms with E-state index >= 15 is 0 Å². The van der Waals surface area contributed by atoms with Crippen molar-refractivity contribution < 1.29 is 14.0 Å². The summed E-state index contributed by atoms with van der Waals surface area (Å²) in [5, 5.41) is 3.79. The number of rotatable bonds is 4. The zero-order chi connectivity index (χ0) is 18.0. The van der Waals surface area contributed by atoms with E-state index in [0.29, 0.717) is 31.9 Å². The number of nitrogens with zero attached hydrogens (tertiary/aromatic N) is 1. The van der Waals surface area contributed by atoms with Gasteiger partial charge >= 0.3 is 0 Å². The number of nitrogens with two attached hydrogens (primary N) is 1. The van der Waals surface area contributed by atoms with E-state index in [9.17, 15) is 9.59 Å². The highest BCUT2D eigenvalue weighted by molar-refractivity contribution is 5.99. The molecule has 26 heavy (non-hydrogen) atoms. The zero-order valence-electron chi connectivity index (χ0n) is 15.2. The van der Waals surface area contributed by atoms with Crippen LogP contribution in [0.4, 0.5) is 0 Å². The predicted octanol–water partition coefficient (Wildman–Crippen LogP) is 2.40. The summed E-state index contributed by atoms with van der Waals surface area (Å²) in [6, 6.07) is 5.91. The number of para-hydroxylation sites is 1. The van der Waals surface area contributed by atoms with Gasteiger partial charge in [0.15, 0.2) is 5.76 Å². The number of hydrogen-bond donors (Lipinski definition) is 2. The summed E-state index contributed by atoms with van der Waals surface area (Å²) in [6.07, 6.45) is 1.60. The Morgan fingerprint density at radius 2 is 2.12 bits per heavy atom. The molecule has 1 aliphatic heterocycles. The second-order valence-electron chi connectivity index (χ2n) is 6.68. The highest BCUT2D eigenvalue weighted by Gasteiger charge is 2.31. The van der Waals surface area contributed by atoms with Gasteiger partial charge in [0.05, 0.1) is 5.92 Å². The lowest BCUT2D eigenvalue weighted by atomic mass is 9.96. The van der Waals surface area contributed by atoms with Crippen molar-refractivity contribution >= 4 is 35.2 Å². The molecule has 6 nitrogen and oxygen atoms in total. The molecule has 1 atom stereocenters. The molecule has 1 fully saturated rings. The Labute approximate surface area is 159 Å². The Kier molecular flexibility index (Phi) is 6.67. The number of amides is 2. The molecule has 7 heteroatoms. The number of halogens is 1. The largest absolute Gasteiger partial charge is 0.450 e. The molecular formula is C19H26ClN3O3. The molecule has 1 unspecified atom stereocenters. The highest BCUT2D eigenvalue weighted by Crippen LogP contribution is 2.29. The van der Waals surface area contributed by atoms with E-state index in [0.717, 1.165) is 34.9 Å². The van der Waals surface area contributed by atoms with Gasteiger partial charge in [-0.1, -0.05) is 18.2 Å². The molecule has 0 spiro atoms. The van der Waals surface area contributed by atoms with Gasteiger partial charge < -0.3 is 20.4 Å². The molecule has 0 bridgehead atoms. The molecule has 1 aromatic heterocycles. The number of carbonyl (C=O) groups excluding carboxylic acids is 2. The summed E-state index contributed by atoms with van der Waals surface area (Å²) in [6.45, 7) is 5.83. The van der Waals surface area contributed by atoms with E-state index < -0.39 is 0 Å². The van der Waals surface area contributed by atoms with Crippen LogP contribution in [0.5, 0.6) is 0 Å². The van der Waals surface area contributed by atoms with E-state index in [1.165, 1.54) is 0 Å². The molecule has 1 aromatic carbocycles. The fourth-order valence-corrected chi connectivity index (χ4v) is 3.45. The van der Waals surface area contributed by atoms with E-state index in [2.05, 4.69) is 5.32 Å². The number of furan rings is 1. The lowest BCUT2D eigenvalue weighted by Gasteiger charge is -2.31. The Morgan fingerprint density at radius 3 is 2.81 bits per heavy atom. The second kappa shape index (κ2) is 8.56. The Hall–Kier alpha value is -2.05. The number of carbonyl (C=O) groups is 2. The van der Waals surface area contributed by atoms with Crippen molar-refractivity contribution in [3.8, 4) is 0 Å². The van der Waals surface area contributed by atoms with Gasteiger partial charge in [-0.2, -0.15) is 0 Å². The summed E-state index contributed by atoms with van der Waals surface area (Å²) >= 11 is 0. The number of fused-ring (bicyclic) bond motifs is 1. The third-order valence-corrected chi connectivity index (χ3v) is 4.88. The topological polar surface area (TPSA) is 88.6 Å². The third kappa shape index (κ3) is 3.86. The van der Waals surface area contributed by atoms with Crippen LogP contribution in [0.15, 0.2) is 22.6 Å². The monoisotopic (exact) mass is 379 g/mol. The maximum Gasteiger partial charge on any atom is 0.289 e. The van der Waals surface area contributed by atoms with Gasteiger partial charge in [0.2, 0.25) is 5.91 Å². The first-order chi connectivity index (χ1) is 12.0. The number of benzene rings is 1. The van der Waals surface area contributed by atoms with Gasteiger partial charge in [0.1, 0.15) is 5.58 Å². The summed E-state index contributed by atoms with van der Waals surface area (Å²) in [5.74, 6) is 0.0348. The molecule has 2 aromatic rings. The van der Waals surface area contributed by atoms with Crippen molar-refractivity contribution in [3.63, 3.8) is 0 Å². The van der Waals surface area contributed by atoms with Crippen LogP contribution in [-0.2, 0) is 4.79 Å². The summed E-state index contributed by atoms with van der Waals surface area (Å²) in [7, 11) is 0. The van der Waals surface area contributed by atoms with Crippen LogP contribution >= 0.6 is 12.4 Å². The van der Waals surface area contributed by atoms with E-state index in [-0.39, 0.29) is 30.1 Å². The highest BCUT2D eigenvalue weighted by atomic mass is 35.5. The minimum absolute atomic E-state index is 0. The van der Waals surface area contributed by atoms with Gasteiger partial charge in [-0.3, -0.25) is 9.59 Å². The third-order valence-electron chi connectivity index (χ3n) is 4.88. The predicted molar refractivity (Wildman–Crippen MR) is 104 cm³/mol. The molecule has 1 saturated heterocycles. The first-order valence-electron chi connectivity index (χ1n) is 8.78. The number of aryl methyl sites for hydroxylation is 2. The summed E-state index contributed by atoms with van der Waals surface area (Å²) in [4.78, 5) is 26.9. The van der Waals surface area contributed by atoms with Crippen molar-refractivity contribution in [1.29, 1.82) is 0 Å².